The molecule has 1 heterocycles. The zero-order valence-corrected chi connectivity index (χ0v) is 11.7. The van der Waals surface area contributed by atoms with Crippen LogP contribution >= 0.6 is 0 Å². The van der Waals surface area contributed by atoms with Crippen molar-refractivity contribution in [3.63, 3.8) is 0 Å². The third-order valence-electron chi connectivity index (χ3n) is 3.74. The Bertz CT molecular complexity index is 386. The molecule has 2 rings (SSSR count). The summed E-state index contributed by atoms with van der Waals surface area (Å²) in [6, 6.07) is 7.17. The number of ether oxygens (including phenoxy) is 1. The molecule has 1 unspecified atom stereocenters. The number of hydrogen-bond acceptors (Lipinski definition) is 3. The summed E-state index contributed by atoms with van der Waals surface area (Å²) in [4.78, 5) is 2.32. The Balaban J connectivity index is 1.86. The maximum absolute atomic E-state index is 5.47. The van der Waals surface area contributed by atoms with E-state index in [4.69, 9.17) is 4.74 Å². The van der Waals surface area contributed by atoms with Crippen LogP contribution in [-0.2, 0) is 4.74 Å². The van der Waals surface area contributed by atoms with Crippen LogP contribution in [0, 0.1) is 13.8 Å². The summed E-state index contributed by atoms with van der Waals surface area (Å²) >= 11 is 0. The van der Waals surface area contributed by atoms with Crippen molar-refractivity contribution in [3.05, 3.63) is 29.3 Å². The van der Waals surface area contributed by atoms with Gasteiger partial charge >= 0.3 is 0 Å². The van der Waals surface area contributed by atoms with Crippen LogP contribution in [-0.4, -0.2) is 39.4 Å². The van der Waals surface area contributed by atoms with Crippen molar-refractivity contribution in [1.29, 1.82) is 0 Å². The number of hydrogen-bond donors (Lipinski definition) is 1. The molecule has 0 spiro atoms. The van der Waals surface area contributed by atoms with E-state index in [-0.39, 0.29) is 0 Å². The van der Waals surface area contributed by atoms with Crippen LogP contribution in [0.25, 0.3) is 0 Å². The maximum Gasteiger partial charge on any atom is 0.0620 e. The molecule has 1 saturated heterocycles. The number of anilines is 1. The second kappa shape index (κ2) is 6.21. The van der Waals surface area contributed by atoms with Crippen molar-refractivity contribution in [2.75, 3.05) is 38.3 Å². The van der Waals surface area contributed by atoms with Crippen molar-refractivity contribution in [2.24, 2.45) is 0 Å². The van der Waals surface area contributed by atoms with Crippen molar-refractivity contribution in [3.8, 4) is 0 Å². The maximum atomic E-state index is 5.47. The molecule has 1 aromatic carbocycles. The van der Waals surface area contributed by atoms with E-state index in [1.54, 1.807) is 0 Å². The van der Waals surface area contributed by atoms with Gasteiger partial charge in [0.15, 0.2) is 0 Å². The van der Waals surface area contributed by atoms with Gasteiger partial charge in [0.1, 0.15) is 0 Å². The van der Waals surface area contributed by atoms with Gasteiger partial charge in [-0.3, -0.25) is 0 Å². The van der Waals surface area contributed by atoms with Crippen LogP contribution in [0.1, 0.15) is 17.5 Å². The number of aryl methyl sites for hydroxylation is 2. The van der Waals surface area contributed by atoms with E-state index in [1.807, 2.05) is 0 Å². The second-order valence-corrected chi connectivity index (χ2v) is 5.20. The minimum absolute atomic E-state index is 0.507. The zero-order valence-electron chi connectivity index (χ0n) is 11.7. The van der Waals surface area contributed by atoms with Gasteiger partial charge in [-0.2, -0.15) is 0 Å². The largest absolute Gasteiger partial charge is 0.379 e. The van der Waals surface area contributed by atoms with E-state index < -0.39 is 0 Å². The summed E-state index contributed by atoms with van der Waals surface area (Å²) in [7, 11) is 2.16. The predicted octanol–water partition coefficient (Wildman–Crippen LogP) is 2.12. The van der Waals surface area contributed by atoms with E-state index >= 15 is 0 Å². The van der Waals surface area contributed by atoms with E-state index in [0.29, 0.717) is 6.04 Å². The van der Waals surface area contributed by atoms with E-state index in [2.05, 4.69) is 49.3 Å². The highest BCUT2D eigenvalue weighted by Crippen LogP contribution is 2.18. The van der Waals surface area contributed by atoms with Gasteiger partial charge < -0.3 is 15.0 Å². The van der Waals surface area contributed by atoms with Crippen molar-refractivity contribution >= 4 is 5.69 Å². The van der Waals surface area contributed by atoms with Gasteiger partial charge in [-0.25, -0.2) is 0 Å². The van der Waals surface area contributed by atoms with Gasteiger partial charge in [0.2, 0.25) is 0 Å². The summed E-state index contributed by atoms with van der Waals surface area (Å²) in [5, 5.41) is 3.49. The topological polar surface area (TPSA) is 24.5 Å². The van der Waals surface area contributed by atoms with Gasteiger partial charge in [0, 0.05) is 31.9 Å². The molecule has 18 heavy (non-hydrogen) atoms. The van der Waals surface area contributed by atoms with Gasteiger partial charge in [-0.1, -0.05) is 6.07 Å². The lowest BCUT2D eigenvalue weighted by Gasteiger charge is -2.27. The molecule has 1 aliphatic heterocycles. The average molecular weight is 248 g/mol. The number of rotatable bonds is 4. The van der Waals surface area contributed by atoms with Gasteiger partial charge in [0.25, 0.3) is 0 Å². The molecule has 0 amide bonds. The van der Waals surface area contributed by atoms with E-state index in [1.165, 1.54) is 16.8 Å². The first-order valence-corrected chi connectivity index (χ1v) is 6.76. The third-order valence-corrected chi connectivity index (χ3v) is 3.74. The number of benzene rings is 1. The molecule has 1 aliphatic rings. The van der Waals surface area contributed by atoms with Crippen LogP contribution < -0.4 is 10.2 Å². The molecule has 0 bridgehead atoms. The normalized spacial score (nSPS) is 19.8. The van der Waals surface area contributed by atoms with Crippen molar-refractivity contribution in [2.45, 2.75) is 26.3 Å². The Hall–Kier alpha value is -1.06. The Morgan fingerprint density at radius 2 is 2.17 bits per heavy atom. The molecular formula is C15H24N2O. The fourth-order valence-corrected chi connectivity index (χ4v) is 2.25. The van der Waals surface area contributed by atoms with Crippen LogP contribution in [0.5, 0.6) is 0 Å². The lowest BCUT2D eigenvalue weighted by molar-refractivity contribution is 0.0749. The standard InChI is InChI=1S/C15H24N2O/c1-12-4-5-15(10-13(12)2)17(3)8-6-14-11-18-9-7-16-14/h4-5,10,14,16H,6-9,11H2,1-3H3. The highest BCUT2D eigenvalue weighted by atomic mass is 16.5. The first-order chi connectivity index (χ1) is 8.66. The lowest BCUT2D eigenvalue weighted by Crippen LogP contribution is -2.42. The van der Waals surface area contributed by atoms with Crippen molar-refractivity contribution in [1.82, 2.24) is 5.32 Å². The van der Waals surface area contributed by atoms with Gasteiger partial charge in [-0.05, 0) is 43.5 Å². The Kier molecular flexibility index (Phi) is 4.61. The summed E-state index contributed by atoms with van der Waals surface area (Å²) in [6.45, 7) is 8.07. The quantitative estimate of drug-likeness (QED) is 0.883. The Morgan fingerprint density at radius 3 is 2.83 bits per heavy atom. The fraction of sp³-hybridized carbons (Fsp3) is 0.600. The van der Waals surface area contributed by atoms with Crippen molar-refractivity contribution < 1.29 is 4.74 Å². The minimum atomic E-state index is 0.507. The SMILES string of the molecule is Cc1ccc(N(C)CCC2COCCN2)cc1C. The third kappa shape index (κ3) is 3.47. The predicted molar refractivity (Wildman–Crippen MR) is 76.4 cm³/mol. The van der Waals surface area contributed by atoms with Gasteiger partial charge in [-0.15, -0.1) is 0 Å². The van der Waals surface area contributed by atoms with Crippen LogP contribution in [0.2, 0.25) is 0 Å². The van der Waals surface area contributed by atoms with Crippen LogP contribution in [0.3, 0.4) is 0 Å². The Labute approximate surface area is 110 Å². The molecule has 0 saturated carbocycles. The first kappa shape index (κ1) is 13.4. The zero-order chi connectivity index (χ0) is 13.0. The molecular weight excluding hydrogens is 224 g/mol. The first-order valence-electron chi connectivity index (χ1n) is 6.76. The molecule has 1 aromatic rings. The molecule has 1 atom stereocenters. The monoisotopic (exact) mass is 248 g/mol. The molecule has 1 fully saturated rings. The van der Waals surface area contributed by atoms with E-state index in [0.717, 1.165) is 32.7 Å². The Morgan fingerprint density at radius 1 is 1.33 bits per heavy atom. The van der Waals surface area contributed by atoms with Crippen LogP contribution in [0.15, 0.2) is 18.2 Å². The molecule has 1 N–H and O–H groups in total. The fourth-order valence-electron chi connectivity index (χ4n) is 2.25. The summed E-state index contributed by atoms with van der Waals surface area (Å²) in [5.41, 5.74) is 4.02. The highest BCUT2D eigenvalue weighted by molar-refractivity contribution is 5.49. The molecule has 0 aromatic heterocycles. The minimum Gasteiger partial charge on any atom is -0.379 e. The lowest BCUT2D eigenvalue weighted by atomic mass is 10.1. The number of morpholine rings is 1. The summed E-state index contributed by atoms with van der Waals surface area (Å²) in [6.07, 6.45) is 1.13. The molecule has 3 nitrogen and oxygen atoms in total. The molecule has 0 aliphatic carbocycles. The van der Waals surface area contributed by atoms with Crippen LogP contribution in [0.4, 0.5) is 5.69 Å². The number of nitrogens with one attached hydrogen (secondary N) is 1. The van der Waals surface area contributed by atoms with Gasteiger partial charge in [0.05, 0.1) is 13.2 Å². The second-order valence-electron chi connectivity index (χ2n) is 5.20. The highest BCUT2D eigenvalue weighted by Gasteiger charge is 2.13. The summed E-state index contributed by atoms with van der Waals surface area (Å²) < 4.78 is 5.47. The molecule has 3 heteroatoms. The molecule has 0 radical (unpaired) electrons. The van der Waals surface area contributed by atoms with E-state index in [9.17, 15) is 0 Å². The summed E-state index contributed by atoms with van der Waals surface area (Å²) in [5.74, 6) is 0. The average Bonchev–Trinajstić information content (AvgIpc) is 2.40. The molecule has 100 valence electrons. The number of nitrogens with zero attached hydrogens (tertiary/aromatic N) is 1. The smallest absolute Gasteiger partial charge is 0.0620 e.